The van der Waals surface area contributed by atoms with E-state index in [1.807, 2.05) is 13.8 Å². The fraction of sp³-hybridized carbons (Fsp3) is 0.154. The summed E-state index contributed by atoms with van der Waals surface area (Å²) in [7, 11) is -3.40. The van der Waals surface area contributed by atoms with Gasteiger partial charge in [-0.2, -0.15) is 0 Å². The molecule has 25 nitrogen and oxygen atoms in total. The third kappa shape index (κ3) is 14.7. The van der Waals surface area contributed by atoms with Crippen molar-refractivity contribution in [3.05, 3.63) is 108 Å². The summed E-state index contributed by atoms with van der Waals surface area (Å²) in [6, 6.07) is 8.93. The molecule has 0 aliphatic heterocycles. The Balaban J connectivity index is 0.000000155. The molecule has 9 aromatic heterocycles. The lowest BCUT2D eigenvalue weighted by Crippen LogP contribution is -2.18. The minimum Gasteiger partial charge on any atom is -0.475 e. The van der Waals surface area contributed by atoms with E-state index in [2.05, 4.69) is 80.5 Å². The molecule has 9 aromatic rings. The quantitative estimate of drug-likeness (QED) is 0.108. The molecule has 0 fully saturated rings. The van der Waals surface area contributed by atoms with Crippen LogP contribution in [0.2, 0.25) is 10.3 Å². The summed E-state index contributed by atoms with van der Waals surface area (Å²) in [6.07, 6.45) is 13.6. The van der Waals surface area contributed by atoms with Gasteiger partial charge in [0.05, 0.1) is 6.10 Å². The third-order valence-corrected chi connectivity index (χ3v) is 9.32. The van der Waals surface area contributed by atoms with Crippen LogP contribution in [0.1, 0.15) is 37.2 Å². The number of rotatable bonds is 13. The number of ether oxygens (including phenoxy) is 2. The molecule has 0 atom stereocenters. The fourth-order valence-corrected chi connectivity index (χ4v) is 6.31. The highest BCUT2D eigenvalue weighted by atomic mass is 35.5. The number of hydrogen-bond acceptors (Lipinski definition) is 22. The number of halogens is 5. The third-order valence-electron chi connectivity index (χ3n) is 7.97. The maximum absolute atomic E-state index is 12.3. The lowest BCUT2D eigenvalue weighted by Gasteiger charge is -2.09. The molecule has 9 rings (SSSR count). The van der Waals surface area contributed by atoms with Gasteiger partial charge in [-0.05, 0) is 45.0 Å². The van der Waals surface area contributed by atoms with E-state index in [4.69, 9.17) is 41.2 Å². The molecule has 0 aliphatic rings. The molecule has 0 amide bonds. The molecular weight excluding hydrogens is 993 g/mol. The van der Waals surface area contributed by atoms with Crippen molar-refractivity contribution in [1.82, 2.24) is 89.8 Å². The van der Waals surface area contributed by atoms with E-state index in [-0.39, 0.29) is 33.6 Å². The molecule has 0 saturated carbocycles. The van der Waals surface area contributed by atoms with Crippen molar-refractivity contribution in [3.63, 3.8) is 0 Å². The van der Waals surface area contributed by atoms with Gasteiger partial charge in [-0.25, -0.2) is 52.4 Å². The van der Waals surface area contributed by atoms with Crippen molar-refractivity contribution in [2.45, 2.75) is 38.3 Å². The van der Waals surface area contributed by atoms with Crippen molar-refractivity contribution in [1.29, 1.82) is 0 Å². The second kappa shape index (κ2) is 22.0. The maximum atomic E-state index is 12.3. The van der Waals surface area contributed by atoms with E-state index in [1.165, 1.54) is 63.9 Å². The first-order chi connectivity index (χ1) is 33.4. The van der Waals surface area contributed by atoms with Crippen LogP contribution in [0.25, 0.3) is 71.0 Å². The van der Waals surface area contributed by atoms with Crippen LogP contribution in [-0.4, -0.2) is 117 Å². The SMILES string of the molecule is CC(C)Oc1cc(-c2ncn(/C=C\c3nnco3)n2)cc(Cl)n1.Cc1cc(-c2ncn(/C=C\c3nnco3)n2)cc(S(C)(=O)=O)n1.FC(F)(F)Oc1cc(-c2ncn(/C=C\c3nnco3)n2)cc(Cl)n1. The topological polar surface area (TPSA) is 300 Å². The van der Waals surface area contributed by atoms with Gasteiger partial charge in [0, 0.05) is 77.6 Å². The van der Waals surface area contributed by atoms with E-state index in [0.717, 1.165) is 18.7 Å². The van der Waals surface area contributed by atoms with Gasteiger partial charge < -0.3 is 22.7 Å². The molecule has 0 unspecified atom stereocenters. The largest absolute Gasteiger partial charge is 0.574 e. The number of nitrogens with zero attached hydrogens (tertiary/aromatic N) is 18. The number of pyridine rings is 3. The van der Waals surface area contributed by atoms with Gasteiger partial charge in [-0.3, -0.25) is 0 Å². The average molecular weight is 1020 g/mol. The lowest BCUT2D eigenvalue weighted by molar-refractivity contribution is -0.276. The Kier molecular flexibility index (Phi) is 15.5. The Bertz CT molecular complexity index is 3340. The van der Waals surface area contributed by atoms with Crippen LogP contribution in [-0.2, 0) is 9.84 Å². The van der Waals surface area contributed by atoms with Crippen LogP contribution in [0.4, 0.5) is 13.2 Å². The Morgan fingerprint density at radius 3 is 1.43 bits per heavy atom. The second-order valence-electron chi connectivity index (χ2n) is 13.8. The predicted octanol–water partition coefficient (Wildman–Crippen LogP) is 6.76. The van der Waals surface area contributed by atoms with Crippen LogP contribution >= 0.6 is 23.2 Å². The van der Waals surface area contributed by atoms with E-state index < -0.39 is 22.1 Å². The van der Waals surface area contributed by atoms with E-state index in [9.17, 15) is 21.6 Å². The first-order valence-corrected chi connectivity index (χ1v) is 22.1. The smallest absolute Gasteiger partial charge is 0.475 e. The van der Waals surface area contributed by atoms with Gasteiger partial charge in [-0.1, -0.05) is 23.2 Å². The molecular formula is C39H31Cl2F3N18O7S. The van der Waals surface area contributed by atoms with Crippen LogP contribution in [0.3, 0.4) is 0 Å². The second-order valence-corrected chi connectivity index (χ2v) is 16.5. The molecule has 0 spiro atoms. The minimum absolute atomic E-state index is 0.00308. The number of alkyl halides is 3. The van der Waals surface area contributed by atoms with Crippen LogP contribution in [0.15, 0.2) is 92.8 Å². The minimum atomic E-state index is -4.88. The summed E-state index contributed by atoms with van der Waals surface area (Å²) in [6.45, 7) is 5.54. The Labute approximate surface area is 401 Å². The number of sulfone groups is 1. The molecule has 0 saturated heterocycles. The van der Waals surface area contributed by atoms with Crippen LogP contribution in [0, 0.1) is 6.92 Å². The van der Waals surface area contributed by atoms with Crippen molar-refractivity contribution in [2.75, 3.05) is 6.26 Å². The maximum Gasteiger partial charge on any atom is 0.574 e. The Hall–Kier alpha value is -8.57. The molecule has 31 heteroatoms. The fourth-order valence-electron chi connectivity index (χ4n) is 5.25. The average Bonchev–Trinajstić information content (AvgIpc) is 4.15. The predicted molar refractivity (Wildman–Crippen MR) is 239 cm³/mol. The highest BCUT2D eigenvalue weighted by Crippen LogP contribution is 2.28. The van der Waals surface area contributed by atoms with Crippen molar-refractivity contribution in [2.24, 2.45) is 0 Å². The van der Waals surface area contributed by atoms with E-state index >= 15 is 0 Å². The summed E-state index contributed by atoms with van der Waals surface area (Å²) in [5, 5.41) is 34.5. The van der Waals surface area contributed by atoms with Gasteiger partial charge in [0.15, 0.2) is 32.3 Å². The molecule has 360 valence electrons. The van der Waals surface area contributed by atoms with Crippen molar-refractivity contribution < 1.29 is 44.3 Å². The summed E-state index contributed by atoms with van der Waals surface area (Å²) in [5.41, 5.74) is 2.06. The van der Waals surface area contributed by atoms with Gasteiger partial charge >= 0.3 is 6.36 Å². The summed E-state index contributed by atoms with van der Waals surface area (Å²) in [4.78, 5) is 23.9. The molecule has 9 heterocycles. The van der Waals surface area contributed by atoms with Crippen molar-refractivity contribution in [3.8, 4) is 45.9 Å². The highest BCUT2D eigenvalue weighted by molar-refractivity contribution is 7.90. The van der Waals surface area contributed by atoms with Crippen molar-refractivity contribution >= 4 is 69.9 Å². The Morgan fingerprint density at radius 1 is 0.629 bits per heavy atom. The number of aryl methyl sites for hydroxylation is 1. The Morgan fingerprint density at radius 2 is 1.04 bits per heavy atom. The number of aromatic nitrogens is 18. The van der Waals surface area contributed by atoms with E-state index in [1.54, 1.807) is 56.0 Å². The molecule has 0 aromatic carbocycles. The monoisotopic (exact) mass is 1020 g/mol. The van der Waals surface area contributed by atoms with Crippen LogP contribution in [0.5, 0.6) is 11.8 Å². The zero-order valence-electron chi connectivity index (χ0n) is 36.2. The van der Waals surface area contributed by atoms with E-state index in [0.29, 0.717) is 51.3 Å². The molecule has 70 heavy (non-hydrogen) atoms. The van der Waals surface area contributed by atoms with Gasteiger partial charge in [0.2, 0.25) is 48.6 Å². The summed E-state index contributed by atoms with van der Waals surface area (Å²) in [5.74, 6) is 1.70. The first-order valence-electron chi connectivity index (χ1n) is 19.4. The summed E-state index contributed by atoms with van der Waals surface area (Å²) >= 11 is 11.7. The zero-order valence-corrected chi connectivity index (χ0v) is 38.5. The molecule has 0 aliphatic carbocycles. The van der Waals surface area contributed by atoms with Gasteiger partial charge in [-0.15, -0.1) is 59.1 Å². The molecule has 0 N–H and O–H groups in total. The summed E-state index contributed by atoms with van der Waals surface area (Å²) < 4.78 is 88.6. The molecule has 0 radical (unpaired) electrons. The lowest BCUT2D eigenvalue weighted by atomic mass is 10.2. The zero-order chi connectivity index (χ0) is 49.8. The van der Waals surface area contributed by atoms with Gasteiger partial charge in [0.1, 0.15) is 29.3 Å². The molecule has 0 bridgehead atoms. The normalized spacial score (nSPS) is 11.9. The van der Waals surface area contributed by atoms with Crippen LogP contribution < -0.4 is 9.47 Å². The standard InChI is InChI=1S/C14H13ClN6O2.C13H12N6O3S.C12H6ClF3N6O2/c1-9(2)23-13-6-10(5-11(15)18-13)14-16-7-21(20-14)4-3-12-19-17-8-22-12;1-9-5-10(6-12(16-9)23(2,20)21)13-14-7-19(18-13)4-3-11-17-15-8-22-11;13-8-3-7(4-10(19-8)24-12(14,15)16)11-17-5-22(21-11)2-1-9-20-18-6-23-9/h3-9H,1-2H3;3-8H,1-2H3;1-6H/b2*4-3-;2-1-. The first kappa shape index (κ1) is 49.3. The number of hydrogen-bond donors (Lipinski definition) is 0. The highest BCUT2D eigenvalue weighted by Gasteiger charge is 2.32. The van der Waals surface area contributed by atoms with Gasteiger partial charge in [0.25, 0.3) is 0 Å².